The summed E-state index contributed by atoms with van der Waals surface area (Å²) in [5.74, 6) is -0.213. The van der Waals surface area contributed by atoms with Crippen molar-refractivity contribution in [1.82, 2.24) is 9.88 Å². The summed E-state index contributed by atoms with van der Waals surface area (Å²) >= 11 is 0. The first-order chi connectivity index (χ1) is 15.4. The number of nitrogens with one attached hydrogen (secondary N) is 1. The SMILES string of the molecule is CCCCC(CC)CNC(=O)c1ccccc1N=Nc1c(C)c(C#N)c(O)n(CC)c1=O. The molecule has 0 fully saturated rings. The fourth-order valence-electron chi connectivity index (χ4n) is 3.48. The molecule has 0 saturated carbocycles. The van der Waals surface area contributed by atoms with Crippen LogP contribution < -0.4 is 10.9 Å². The van der Waals surface area contributed by atoms with Crippen molar-refractivity contribution in [3.8, 4) is 11.9 Å². The van der Waals surface area contributed by atoms with Crippen molar-refractivity contribution >= 4 is 17.3 Å². The van der Waals surface area contributed by atoms with Crippen molar-refractivity contribution in [2.24, 2.45) is 16.1 Å². The predicted molar refractivity (Wildman–Crippen MR) is 124 cm³/mol. The van der Waals surface area contributed by atoms with E-state index in [2.05, 4.69) is 29.4 Å². The minimum Gasteiger partial charge on any atom is -0.493 e. The lowest BCUT2D eigenvalue weighted by molar-refractivity contribution is 0.0946. The Kier molecular flexibility index (Phi) is 9.14. The summed E-state index contributed by atoms with van der Waals surface area (Å²) in [5.41, 5.74) is 0.307. The summed E-state index contributed by atoms with van der Waals surface area (Å²) < 4.78 is 1.07. The zero-order valence-corrected chi connectivity index (χ0v) is 19.2. The maximum atomic E-state index is 12.8. The van der Waals surface area contributed by atoms with Crippen LogP contribution in [0.25, 0.3) is 0 Å². The number of hydrogen-bond donors (Lipinski definition) is 2. The number of aromatic nitrogens is 1. The first-order valence-electron chi connectivity index (χ1n) is 11.0. The lowest BCUT2D eigenvalue weighted by Gasteiger charge is -2.15. The van der Waals surface area contributed by atoms with Gasteiger partial charge in [-0.2, -0.15) is 5.26 Å². The van der Waals surface area contributed by atoms with E-state index in [4.69, 9.17) is 0 Å². The first kappa shape index (κ1) is 24.8. The van der Waals surface area contributed by atoms with Crippen LogP contribution in [0.1, 0.15) is 67.9 Å². The highest BCUT2D eigenvalue weighted by Crippen LogP contribution is 2.27. The molecular formula is C24H31N5O3. The van der Waals surface area contributed by atoms with Gasteiger partial charge in [-0.3, -0.25) is 14.2 Å². The molecule has 170 valence electrons. The van der Waals surface area contributed by atoms with E-state index < -0.39 is 5.56 Å². The van der Waals surface area contributed by atoms with Gasteiger partial charge in [-0.15, -0.1) is 10.2 Å². The van der Waals surface area contributed by atoms with Crippen LogP contribution in [0.4, 0.5) is 11.4 Å². The summed E-state index contributed by atoms with van der Waals surface area (Å²) in [4.78, 5) is 25.5. The van der Waals surface area contributed by atoms with Crippen molar-refractivity contribution in [2.45, 2.75) is 59.9 Å². The minimum absolute atomic E-state index is 0.0240. The molecule has 32 heavy (non-hydrogen) atoms. The molecule has 8 nitrogen and oxygen atoms in total. The van der Waals surface area contributed by atoms with E-state index in [1.54, 1.807) is 31.2 Å². The zero-order chi connectivity index (χ0) is 23.7. The van der Waals surface area contributed by atoms with E-state index in [1.807, 2.05) is 6.07 Å². The van der Waals surface area contributed by atoms with Crippen LogP contribution in [0, 0.1) is 24.2 Å². The molecule has 0 aliphatic rings. The van der Waals surface area contributed by atoms with Gasteiger partial charge in [-0.25, -0.2) is 0 Å². The topological polar surface area (TPSA) is 120 Å². The van der Waals surface area contributed by atoms with Gasteiger partial charge in [0.25, 0.3) is 11.5 Å². The molecule has 1 heterocycles. The molecule has 0 spiro atoms. The highest BCUT2D eigenvalue weighted by molar-refractivity contribution is 5.98. The minimum atomic E-state index is -0.547. The van der Waals surface area contributed by atoms with Crippen LogP contribution in [-0.4, -0.2) is 22.1 Å². The summed E-state index contributed by atoms with van der Waals surface area (Å²) in [6.07, 6.45) is 4.31. The second-order valence-corrected chi connectivity index (χ2v) is 7.68. The van der Waals surface area contributed by atoms with Gasteiger partial charge in [-0.1, -0.05) is 45.2 Å². The summed E-state index contributed by atoms with van der Waals surface area (Å²) in [5, 5.41) is 30.8. The molecule has 8 heteroatoms. The van der Waals surface area contributed by atoms with E-state index in [0.29, 0.717) is 23.7 Å². The molecular weight excluding hydrogens is 406 g/mol. The van der Waals surface area contributed by atoms with Crippen molar-refractivity contribution < 1.29 is 9.90 Å². The number of azo groups is 1. The second-order valence-electron chi connectivity index (χ2n) is 7.68. The quantitative estimate of drug-likeness (QED) is 0.501. The van der Waals surface area contributed by atoms with Gasteiger partial charge in [-0.05, 0) is 38.3 Å². The highest BCUT2D eigenvalue weighted by Gasteiger charge is 2.19. The molecule has 1 amide bonds. The number of nitrogens with zero attached hydrogens (tertiary/aromatic N) is 4. The molecule has 0 aliphatic carbocycles. The maximum absolute atomic E-state index is 12.8. The molecule has 1 unspecified atom stereocenters. The third-order valence-corrected chi connectivity index (χ3v) is 5.59. The van der Waals surface area contributed by atoms with Crippen LogP contribution in [0.2, 0.25) is 0 Å². The number of nitriles is 1. The summed E-state index contributed by atoms with van der Waals surface area (Å²) in [7, 11) is 0. The Bertz CT molecular complexity index is 1080. The number of carbonyl (C=O) groups excluding carboxylic acids is 1. The Balaban J connectivity index is 2.34. The number of rotatable bonds is 10. The number of carbonyl (C=O) groups is 1. The van der Waals surface area contributed by atoms with E-state index >= 15 is 0 Å². The third-order valence-electron chi connectivity index (χ3n) is 5.59. The van der Waals surface area contributed by atoms with Gasteiger partial charge in [0.2, 0.25) is 5.88 Å². The monoisotopic (exact) mass is 437 g/mol. The van der Waals surface area contributed by atoms with E-state index in [-0.39, 0.29) is 35.1 Å². The fourth-order valence-corrected chi connectivity index (χ4v) is 3.48. The molecule has 2 aromatic rings. The van der Waals surface area contributed by atoms with E-state index in [9.17, 15) is 20.0 Å². The molecule has 1 atom stereocenters. The molecule has 1 aromatic carbocycles. The number of aromatic hydroxyl groups is 1. The van der Waals surface area contributed by atoms with Crippen LogP contribution >= 0.6 is 0 Å². The highest BCUT2D eigenvalue weighted by atomic mass is 16.3. The van der Waals surface area contributed by atoms with Gasteiger partial charge in [0.1, 0.15) is 11.6 Å². The molecule has 0 bridgehead atoms. The predicted octanol–water partition coefficient (Wildman–Crippen LogP) is 5.12. The Morgan fingerprint density at radius 2 is 1.97 bits per heavy atom. The Labute approximate surface area is 188 Å². The van der Waals surface area contributed by atoms with Crippen LogP contribution in [-0.2, 0) is 6.54 Å². The number of amides is 1. The van der Waals surface area contributed by atoms with E-state index in [0.717, 1.165) is 30.3 Å². The van der Waals surface area contributed by atoms with Gasteiger partial charge in [0.05, 0.1) is 11.3 Å². The molecule has 0 aliphatic heterocycles. The van der Waals surface area contributed by atoms with Crippen molar-refractivity contribution in [1.29, 1.82) is 5.26 Å². The summed E-state index contributed by atoms with van der Waals surface area (Å²) in [6, 6.07) is 8.68. The van der Waals surface area contributed by atoms with Gasteiger partial charge < -0.3 is 10.4 Å². The number of hydrogen-bond acceptors (Lipinski definition) is 6. The molecule has 1 aromatic heterocycles. The van der Waals surface area contributed by atoms with E-state index in [1.165, 1.54) is 6.92 Å². The van der Waals surface area contributed by atoms with Crippen LogP contribution in [0.3, 0.4) is 0 Å². The smallest absolute Gasteiger partial charge is 0.281 e. The van der Waals surface area contributed by atoms with Gasteiger partial charge >= 0.3 is 0 Å². The van der Waals surface area contributed by atoms with Crippen LogP contribution in [0.15, 0.2) is 39.3 Å². The number of benzene rings is 1. The fraction of sp³-hybridized carbons (Fsp3) is 0.458. The van der Waals surface area contributed by atoms with Crippen LogP contribution in [0.5, 0.6) is 5.88 Å². The zero-order valence-electron chi connectivity index (χ0n) is 19.2. The first-order valence-corrected chi connectivity index (χ1v) is 11.0. The number of pyridine rings is 1. The average molecular weight is 438 g/mol. The normalized spacial score (nSPS) is 12.0. The van der Waals surface area contributed by atoms with Crippen molar-refractivity contribution in [3.63, 3.8) is 0 Å². The van der Waals surface area contributed by atoms with Crippen molar-refractivity contribution in [3.05, 3.63) is 51.3 Å². The lowest BCUT2D eigenvalue weighted by atomic mass is 9.99. The molecule has 0 saturated heterocycles. The maximum Gasteiger partial charge on any atom is 0.281 e. The van der Waals surface area contributed by atoms with Gasteiger partial charge in [0, 0.05) is 18.7 Å². The second kappa shape index (κ2) is 11.8. The Hall–Kier alpha value is -3.47. The van der Waals surface area contributed by atoms with Crippen molar-refractivity contribution in [2.75, 3.05) is 6.54 Å². The molecule has 2 rings (SSSR count). The molecule has 2 N–H and O–H groups in total. The Morgan fingerprint density at radius 1 is 1.25 bits per heavy atom. The third kappa shape index (κ3) is 5.61. The number of unbranched alkanes of at least 4 members (excludes halogenated alkanes) is 1. The summed E-state index contributed by atoms with van der Waals surface area (Å²) in [6.45, 7) is 8.25. The van der Waals surface area contributed by atoms with Gasteiger partial charge in [0.15, 0.2) is 5.69 Å². The standard InChI is InChI=1S/C24H31N5O3/c1-5-8-11-17(6-2)15-26-22(30)18-12-9-10-13-20(18)27-28-21-16(4)19(14-25)23(31)29(7-3)24(21)32/h9-10,12-13,17,31H,5-8,11,15H2,1-4H3,(H,26,30). The largest absolute Gasteiger partial charge is 0.493 e. The molecule has 0 radical (unpaired) electrons. The Morgan fingerprint density at radius 3 is 2.59 bits per heavy atom. The average Bonchev–Trinajstić information content (AvgIpc) is 2.79. The lowest BCUT2D eigenvalue weighted by Crippen LogP contribution is -2.29.